The molecule has 0 bridgehead atoms. The molecule has 2 fully saturated rings. The Hall–Kier alpha value is -1.60. The van der Waals surface area contributed by atoms with Crippen LogP contribution in [0.2, 0.25) is 0 Å². The van der Waals surface area contributed by atoms with Crippen molar-refractivity contribution in [2.75, 3.05) is 65.4 Å². The molecular formula is C21H39N7. The van der Waals surface area contributed by atoms with Crippen molar-refractivity contribution in [1.82, 2.24) is 29.8 Å². The molecule has 2 aliphatic heterocycles. The molecule has 0 spiro atoms. The van der Waals surface area contributed by atoms with Gasteiger partial charge in [-0.15, -0.1) is 0 Å². The van der Waals surface area contributed by atoms with Crippen molar-refractivity contribution in [2.24, 2.45) is 18.0 Å². The summed E-state index contributed by atoms with van der Waals surface area (Å²) in [7, 11) is 1.99. The number of hydrogen-bond acceptors (Lipinski definition) is 4. The van der Waals surface area contributed by atoms with Gasteiger partial charge < -0.3 is 20.0 Å². The van der Waals surface area contributed by atoms with Crippen molar-refractivity contribution in [1.29, 1.82) is 0 Å². The average molecular weight is 390 g/mol. The van der Waals surface area contributed by atoms with Gasteiger partial charge in [0.15, 0.2) is 5.96 Å². The summed E-state index contributed by atoms with van der Waals surface area (Å²) in [4.78, 5) is 12.6. The van der Waals surface area contributed by atoms with Gasteiger partial charge in [0.05, 0.1) is 6.20 Å². The minimum Gasteiger partial charge on any atom is -0.357 e. The number of likely N-dealkylation sites (tertiary alicyclic amines) is 1. The lowest BCUT2D eigenvalue weighted by molar-refractivity contribution is 0.125. The van der Waals surface area contributed by atoms with E-state index in [2.05, 4.69) is 52.1 Å². The van der Waals surface area contributed by atoms with Gasteiger partial charge in [-0.3, -0.25) is 9.67 Å². The fraction of sp³-hybridized carbons (Fsp3) is 0.810. The SMILES string of the molecule is CCNC(=NCC(C)CN1CCN(CC)CC1)N1CCC(c2cnn(C)c2)C1. The maximum atomic E-state index is 5.00. The topological polar surface area (TPSA) is 51.9 Å². The van der Waals surface area contributed by atoms with Gasteiger partial charge in [0, 0.05) is 78.1 Å². The van der Waals surface area contributed by atoms with E-state index in [1.54, 1.807) is 0 Å². The van der Waals surface area contributed by atoms with E-state index in [1.807, 2.05) is 17.9 Å². The molecule has 0 aromatic carbocycles. The van der Waals surface area contributed by atoms with Crippen molar-refractivity contribution < 1.29 is 0 Å². The Kier molecular flexibility index (Phi) is 7.73. The van der Waals surface area contributed by atoms with Crippen molar-refractivity contribution in [3.8, 4) is 0 Å². The van der Waals surface area contributed by atoms with E-state index < -0.39 is 0 Å². The summed E-state index contributed by atoms with van der Waals surface area (Å²) in [5.74, 6) is 2.22. The van der Waals surface area contributed by atoms with E-state index in [1.165, 1.54) is 44.7 Å². The number of nitrogens with one attached hydrogen (secondary N) is 1. The molecular weight excluding hydrogens is 350 g/mol. The molecule has 0 radical (unpaired) electrons. The highest BCUT2D eigenvalue weighted by Gasteiger charge is 2.27. The molecule has 0 amide bonds. The smallest absolute Gasteiger partial charge is 0.193 e. The first kappa shape index (κ1) is 21.1. The molecule has 158 valence electrons. The third kappa shape index (κ3) is 5.70. The lowest BCUT2D eigenvalue weighted by Gasteiger charge is -2.35. The maximum absolute atomic E-state index is 5.00. The molecule has 2 atom stereocenters. The fourth-order valence-electron chi connectivity index (χ4n) is 4.33. The Labute approximate surface area is 170 Å². The average Bonchev–Trinajstić information content (AvgIpc) is 3.35. The van der Waals surface area contributed by atoms with Crippen molar-refractivity contribution in [3.05, 3.63) is 18.0 Å². The molecule has 7 heteroatoms. The van der Waals surface area contributed by atoms with Crippen LogP contribution in [0, 0.1) is 5.92 Å². The molecule has 1 N–H and O–H groups in total. The first-order valence-electron chi connectivity index (χ1n) is 11.1. The normalized spacial score (nSPS) is 23.4. The Morgan fingerprint density at radius 2 is 1.96 bits per heavy atom. The summed E-state index contributed by atoms with van der Waals surface area (Å²) in [6.07, 6.45) is 5.34. The molecule has 2 saturated heterocycles. The number of likely N-dealkylation sites (N-methyl/N-ethyl adjacent to an activating group) is 1. The second-order valence-electron chi connectivity index (χ2n) is 8.41. The Bertz CT molecular complexity index is 618. The van der Waals surface area contributed by atoms with E-state index in [-0.39, 0.29) is 0 Å². The summed E-state index contributed by atoms with van der Waals surface area (Å²) < 4.78 is 1.90. The summed E-state index contributed by atoms with van der Waals surface area (Å²) in [6.45, 7) is 17.8. The second kappa shape index (κ2) is 10.3. The minimum absolute atomic E-state index is 0.560. The first-order valence-corrected chi connectivity index (χ1v) is 11.1. The number of guanidine groups is 1. The molecule has 28 heavy (non-hydrogen) atoms. The zero-order chi connectivity index (χ0) is 19.9. The van der Waals surface area contributed by atoms with Gasteiger partial charge in [-0.1, -0.05) is 13.8 Å². The number of rotatable bonds is 7. The zero-order valence-electron chi connectivity index (χ0n) is 18.3. The van der Waals surface area contributed by atoms with Crippen molar-refractivity contribution >= 4 is 5.96 Å². The number of nitrogens with zero attached hydrogens (tertiary/aromatic N) is 6. The summed E-state index contributed by atoms with van der Waals surface area (Å²) in [5, 5.41) is 7.85. The highest BCUT2D eigenvalue weighted by Crippen LogP contribution is 2.26. The highest BCUT2D eigenvalue weighted by molar-refractivity contribution is 5.80. The largest absolute Gasteiger partial charge is 0.357 e. The third-order valence-corrected chi connectivity index (χ3v) is 6.05. The van der Waals surface area contributed by atoms with E-state index in [4.69, 9.17) is 4.99 Å². The Morgan fingerprint density at radius 1 is 1.21 bits per heavy atom. The van der Waals surface area contributed by atoms with E-state index >= 15 is 0 Å². The van der Waals surface area contributed by atoms with E-state index in [0.717, 1.165) is 38.7 Å². The highest BCUT2D eigenvalue weighted by atomic mass is 15.3. The van der Waals surface area contributed by atoms with E-state index in [9.17, 15) is 0 Å². The number of aliphatic imine (C=N–C) groups is 1. The van der Waals surface area contributed by atoms with Gasteiger partial charge in [0.1, 0.15) is 0 Å². The van der Waals surface area contributed by atoms with Gasteiger partial charge >= 0.3 is 0 Å². The quantitative estimate of drug-likeness (QED) is 0.565. The minimum atomic E-state index is 0.560. The van der Waals surface area contributed by atoms with Crippen LogP contribution in [0.25, 0.3) is 0 Å². The van der Waals surface area contributed by atoms with Gasteiger partial charge in [-0.25, -0.2) is 0 Å². The lowest BCUT2D eigenvalue weighted by Crippen LogP contribution is -2.47. The summed E-state index contributed by atoms with van der Waals surface area (Å²) >= 11 is 0. The van der Waals surface area contributed by atoms with Crippen LogP contribution in [0.5, 0.6) is 0 Å². The standard InChI is InChI=1S/C21H39N7/c1-5-22-21(28-8-7-19(17-28)20-14-24-25(4)16-20)23-13-18(3)15-27-11-9-26(6-2)10-12-27/h14,16,18-19H,5-13,15,17H2,1-4H3,(H,22,23). The predicted molar refractivity (Wildman–Crippen MR) is 116 cm³/mol. The van der Waals surface area contributed by atoms with Crippen LogP contribution in [-0.2, 0) is 7.05 Å². The lowest BCUT2D eigenvalue weighted by atomic mass is 10.0. The number of aryl methyl sites for hydroxylation is 1. The Morgan fingerprint density at radius 3 is 2.61 bits per heavy atom. The van der Waals surface area contributed by atoms with Gasteiger partial charge in [-0.05, 0) is 31.4 Å². The molecule has 0 aliphatic carbocycles. The molecule has 3 rings (SSSR count). The van der Waals surface area contributed by atoms with Crippen LogP contribution < -0.4 is 5.32 Å². The monoisotopic (exact) mass is 389 g/mol. The van der Waals surface area contributed by atoms with Crippen LogP contribution in [0.4, 0.5) is 0 Å². The van der Waals surface area contributed by atoms with Crippen molar-refractivity contribution in [2.45, 2.75) is 33.1 Å². The van der Waals surface area contributed by atoms with Crippen LogP contribution >= 0.6 is 0 Å². The molecule has 2 aliphatic rings. The molecule has 3 heterocycles. The van der Waals surface area contributed by atoms with Crippen LogP contribution in [-0.4, -0.2) is 95.9 Å². The Balaban J connectivity index is 1.50. The molecule has 0 saturated carbocycles. The fourth-order valence-corrected chi connectivity index (χ4v) is 4.33. The van der Waals surface area contributed by atoms with Crippen molar-refractivity contribution in [3.63, 3.8) is 0 Å². The third-order valence-electron chi connectivity index (χ3n) is 6.05. The van der Waals surface area contributed by atoms with Gasteiger partial charge in [-0.2, -0.15) is 5.10 Å². The number of piperazine rings is 1. The zero-order valence-corrected chi connectivity index (χ0v) is 18.3. The summed E-state index contributed by atoms with van der Waals surface area (Å²) in [5.41, 5.74) is 1.35. The first-order chi connectivity index (χ1) is 13.6. The van der Waals surface area contributed by atoms with Crippen LogP contribution in [0.3, 0.4) is 0 Å². The second-order valence-corrected chi connectivity index (χ2v) is 8.41. The van der Waals surface area contributed by atoms with Crippen LogP contribution in [0.1, 0.15) is 38.7 Å². The number of hydrogen-bond donors (Lipinski definition) is 1. The predicted octanol–water partition coefficient (Wildman–Crippen LogP) is 1.45. The van der Waals surface area contributed by atoms with Gasteiger partial charge in [0.25, 0.3) is 0 Å². The summed E-state index contributed by atoms with van der Waals surface area (Å²) in [6, 6.07) is 0. The molecule has 7 nitrogen and oxygen atoms in total. The molecule has 2 unspecified atom stereocenters. The van der Waals surface area contributed by atoms with Gasteiger partial charge in [0.2, 0.25) is 0 Å². The van der Waals surface area contributed by atoms with Crippen LogP contribution in [0.15, 0.2) is 17.4 Å². The molecule has 1 aromatic heterocycles. The van der Waals surface area contributed by atoms with E-state index in [0.29, 0.717) is 11.8 Å². The number of aromatic nitrogens is 2. The molecule has 1 aromatic rings. The maximum Gasteiger partial charge on any atom is 0.193 e.